The monoisotopic (exact) mass is 472 g/mol. The Kier molecular flexibility index (Phi) is 5.62. The second kappa shape index (κ2) is 8.73. The molecule has 0 aliphatic carbocycles. The first kappa shape index (κ1) is 21.2. The van der Waals surface area contributed by atoms with Crippen LogP contribution in [0.3, 0.4) is 0 Å². The third-order valence-corrected chi connectivity index (χ3v) is 6.51. The molecule has 0 saturated carbocycles. The number of carbonyl (C=O) groups excluding carboxylic acids is 3. The molecule has 0 aromatic heterocycles. The second-order valence-electron chi connectivity index (χ2n) is 7.56. The van der Waals surface area contributed by atoms with Crippen molar-refractivity contribution in [1.82, 2.24) is 4.90 Å². The van der Waals surface area contributed by atoms with E-state index in [2.05, 4.69) is 11.4 Å². The average molecular weight is 473 g/mol. The number of benzene rings is 4. The van der Waals surface area contributed by atoms with Crippen LogP contribution in [0.25, 0.3) is 27.6 Å². The highest BCUT2D eigenvalue weighted by molar-refractivity contribution is 8.18. The number of hydrogen-bond donors (Lipinski definition) is 1. The summed E-state index contributed by atoms with van der Waals surface area (Å²) in [4.78, 5) is 39.3. The minimum absolute atomic E-state index is 0.289. The maximum atomic E-state index is 13.0. The number of fused-ring (bicyclic) bond motifs is 2. The third-order valence-electron chi connectivity index (χ3n) is 5.37. The number of nitrogens with zero attached hydrogens (tertiary/aromatic N) is 1. The zero-order chi connectivity index (χ0) is 22.9. The summed E-state index contributed by atoms with van der Waals surface area (Å²) >= 11 is 6.79. The number of hydrogen-bond acceptors (Lipinski definition) is 4. The number of imide groups is 1. The maximum Gasteiger partial charge on any atom is 0.294 e. The summed E-state index contributed by atoms with van der Waals surface area (Å²) in [5.41, 5.74) is 1.37. The Labute approximate surface area is 199 Å². The molecule has 4 aromatic rings. The Morgan fingerprint density at radius 3 is 2.24 bits per heavy atom. The van der Waals surface area contributed by atoms with Crippen LogP contribution in [-0.2, 0) is 9.59 Å². The Morgan fingerprint density at radius 1 is 0.909 bits per heavy atom. The molecule has 1 aliphatic rings. The van der Waals surface area contributed by atoms with Crippen molar-refractivity contribution in [3.05, 3.63) is 94.4 Å². The number of carbonyl (C=O) groups is 3. The van der Waals surface area contributed by atoms with Gasteiger partial charge in [-0.3, -0.25) is 19.3 Å². The lowest BCUT2D eigenvalue weighted by Gasteiger charge is -2.12. The molecule has 1 N–H and O–H groups in total. The number of anilines is 1. The van der Waals surface area contributed by atoms with Gasteiger partial charge in [0.2, 0.25) is 5.91 Å². The van der Waals surface area contributed by atoms with Gasteiger partial charge in [0.05, 0.1) is 4.91 Å². The van der Waals surface area contributed by atoms with Gasteiger partial charge in [-0.05, 0) is 69.2 Å². The molecule has 0 unspecified atom stereocenters. The van der Waals surface area contributed by atoms with Gasteiger partial charge in [-0.25, -0.2) is 0 Å². The van der Waals surface area contributed by atoms with E-state index in [4.69, 9.17) is 11.6 Å². The summed E-state index contributed by atoms with van der Waals surface area (Å²) in [5, 5.41) is 6.73. The molecule has 0 atom stereocenters. The quantitative estimate of drug-likeness (QED) is 0.279. The van der Waals surface area contributed by atoms with Crippen molar-refractivity contribution in [1.29, 1.82) is 0 Å². The van der Waals surface area contributed by atoms with Crippen molar-refractivity contribution in [3.8, 4) is 0 Å². The van der Waals surface area contributed by atoms with Crippen LogP contribution in [-0.4, -0.2) is 28.5 Å². The molecule has 5 nitrogen and oxygen atoms in total. The molecule has 7 heteroatoms. The number of nitrogens with one attached hydrogen (secondary N) is 1. The number of halogens is 1. The van der Waals surface area contributed by atoms with Crippen LogP contribution in [0.5, 0.6) is 0 Å². The summed E-state index contributed by atoms with van der Waals surface area (Å²) in [6.07, 6.45) is 1.75. The van der Waals surface area contributed by atoms with Crippen LogP contribution < -0.4 is 5.32 Å². The molecule has 1 saturated heterocycles. The minimum Gasteiger partial charge on any atom is -0.324 e. The molecule has 0 bridgehead atoms. The fourth-order valence-electron chi connectivity index (χ4n) is 3.88. The lowest BCUT2D eigenvalue weighted by Crippen LogP contribution is -2.36. The van der Waals surface area contributed by atoms with E-state index >= 15 is 0 Å². The number of amides is 3. The molecule has 5 rings (SSSR count). The Morgan fingerprint density at radius 2 is 1.58 bits per heavy atom. The van der Waals surface area contributed by atoms with Gasteiger partial charge < -0.3 is 5.32 Å². The summed E-state index contributed by atoms with van der Waals surface area (Å²) < 4.78 is 0. The van der Waals surface area contributed by atoms with Crippen LogP contribution in [0.4, 0.5) is 10.5 Å². The van der Waals surface area contributed by atoms with Crippen LogP contribution in [0.15, 0.2) is 83.8 Å². The fraction of sp³-hybridized carbons (Fsp3) is 0.0385. The van der Waals surface area contributed by atoms with Gasteiger partial charge in [0.15, 0.2) is 0 Å². The first-order valence-electron chi connectivity index (χ1n) is 10.2. The van der Waals surface area contributed by atoms with Gasteiger partial charge in [-0.2, -0.15) is 0 Å². The van der Waals surface area contributed by atoms with E-state index in [0.29, 0.717) is 10.7 Å². The van der Waals surface area contributed by atoms with Gasteiger partial charge in [-0.1, -0.05) is 66.2 Å². The van der Waals surface area contributed by atoms with Gasteiger partial charge in [-0.15, -0.1) is 0 Å². The normalized spacial score (nSPS) is 15.1. The van der Waals surface area contributed by atoms with Crippen molar-refractivity contribution in [2.24, 2.45) is 0 Å². The molecular weight excluding hydrogens is 456 g/mol. The molecule has 0 spiro atoms. The number of rotatable bonds is 4. The standard InChI is InChI=1S/C26H17ClN2O3S/c27-18-8-5-9-19(13-18)28-24(30)15-29-25(31)23(33-26(29)32)14-22-20-10-3-1-6-16(20)12-17-7-2-4-11-21(17)22/h1-14H,15H2,(H,28,30)/b23-14+. The third kappa shape index (κ3) is 4.23. The van der Waals surface area contributed by atoms with E-state index in [-0.39, 0.29) is 11.4 Å². The van der Waals surface area contributed by atoms with E-state index < -0.39 is 17.1 Å². The summed E-state index contributed by atoms with van der Waals surface area (Å²) in [6.45, 7) is -0.370. The largest absolute Gasteiger partial charge is 0.324 e. The highest BCUT2D eigenvalue weighted by Crippen LogP contribution is 2.36. The van der Waals surface area contributed by atoms with Crippen molar-refractivity contribution in [2.45, 2.75) is 0 Å². The number of thioether (sulfide) groups is 1. The van der Waals surface area contributed by atoms with Gasteiger partial charge in [0.1, 0.15) is 6.54 Å². The van der Waals surface area contributed by atoms with Crippen molar-refractivity contribution < 1.29 is 14.4 Å². The maximum absolute atomic E-state index is 13.0. The summed E-state index contributed by atoms with van der Waals surface area (Å²) in [6, 6.07) is 24.6. The molecule has 0 radical (unpaired) electrons. The zero-order valence-corrected chi connectivity index (χ0v) is 18.8. The molecule has 162 valence electrons. The van der Waals surface area contributed by atoms with Crippen LogP contribution in [0.1, 0.15) is 5.56 Å². The molecule has 3 amide bonds. The Bertz CT molecular complexity index is 1430. The molecule has 1 heterocycles. The molecular formula is C26H17ClN2O3S. The van der Waals surface area contributed by atoms with E-state index in [1.165, 1.54) is 0 Å². The first-order valence-corrected chi connectivity index (χ1v) is 11.4. The van der Waals surface area contributed by atoms with Gasteiger partial charge in [0.25, 0.3) is 11.1 Å². The predicted molar refractivity (Wildman–Crippen MR) is 134 cm³/mol. The lowest BCUT2D eigenvalue weighted by molar-refractivity contribution is -0.127. The first-order chi connectivity index (χ1) is 16.0. The highest BCUT2D eigenvalue weighted by Gasteiger charge is 2.36. The predicted octanol–water partition coefficient (Wildman–Crippen LogP) is 6.32. The smallest absolute Gasteiger partial charge is 0.294 e. The van der Waals surface area contributed by atoms with E-state index in [0.717, 1.165) is 43.8 Å². The molecule has 4 aromatic carbocycles. The van der Waals surface area contributed by atoms with Crippen molar-refractivity contribution in [2.75, 3.05) is 11.9 Å². The summed E-state index contributed by atoms with van der Waals surface area (Å²) in [7, 11) is 0. The van der Waals surface area contributed by atoms with Crippen molar-refractivity contribution in [3.63, 3.8) is 0 Å². The van der Waals surface area contributed by atoms with Crippen LogP contribution >= 0.6 is 23.4 Å². The Balaban J connectivity index is 1.46. The zero-order valence-electron chi connectivity index (χ0n) is 17.2. The van der Waals surface area contributed by atoms with Gasteiger partial charge in [0, 0.05) is 10.7 Å². The van der Waals surface area contributed by atoms with Gasteiger partial charge >= 0.3 is 0 Å². The van der Waals surface area contributed by atoms with E-state index in [1.54, 1.807) is 30.3 Å². The molecule has 1 aliphatic heterocycles. The molecule has 1 fully saturated rings. The van der Waals surface area contributed by atoms with Crippen LogP contribution in [0.2, 0.25) is 5.02 Å². The SMILES string of the molecule is O=C(CN1C(=O)S/C(=C/c2c3ccccc3cc3ccccc23)C1=O)Nc1cccc(Cl)c1. The average Bonchev–Trinajstić information content (AvgIpc) is 3.06. The summed E-state index contributed by atoms with van der Waals surface area (Å²) in [5.74, 6) is -0.959. The Hall–Kier alpha value is -3.61. The highest BCUT2D eigenvalue weighted by atomic mass is 35.5. The minimum atomic E-state index is -0.483. The van der Waals surface area contributed by atoms with E-state index in [1.807, 2.05) is 48.5 Å². The van der Waals surface area contributed by atoms with E-state index in [9.17, 15) is 14.4 Å². The lowest BCUT2D eigenvalue weighted by atomic mass is 9.96. The fourth-order valence-corrected chi connectivity index (χ4v) is 4.89. The second-order valence-corrected chi connectivity index (χ2v) is 8.99. The molecule has 33 heavy (non-hydrogen) atoms. The van der Waals surface area contributed by atoms with Crippen molar-refractivity contribution >= 4 is 73.7 Å². The topological polar surface area (TPSA) is 66.5 Å². The van der Waals surface area contributed by atoms with Crippen LogP contribution in [0, 0.1) is 0 Å².